The maximum atomic E-state index is 13.6. The number of benzene rings is 1. The van der Waals surface area contributed by atoms with Gasteiger partial charge in [0.2, 0.25) is 0 Å². The van der Waals surface area contributed by atoms with Crippen molar-refractivity contribution in [2.75, 3.05) is 12.9 Å². The van der Waals surface area contributed by atoms with Crippen molar-refractivity contribution < 1.29 is 45.7 Å². The largest absolute Gasteiger partial charge is 1.00 e. The number of carbonyl (C=O) groups excluding carboxylic acids is 2. The van der Waals surface area contributed by atoms with Crippen LogP contribution in [0.3, 0.4) is 0 Å². The van der Waals surface area contributed by atoms with E-state index in [0.29, 0.717) is 12.8 Å². The number of ketones is 1. The van der Waals surface area contributed by atoms with Gasteiger partial charge in [-0.2, -0.15) is 0 Å². The number of halogens is 1. The fourth-order valence-electron chi connectivity index (χ4n) is 8.95. The number of ether oxygens (including phenoxy) is 2. The van der Waals surface area contributed by atoms with Crippen molar-refractivity contribution in [1.82, 2.24) is 4.98 Å². The zero-order valence-electron chi connectivity index (χ0n) is 28.5. The van der Waals surface area contributed by atoms with Gasteiger partial charge in [0.05, 0.1) is 24.7 Å². The number of hydrogen-bond acceptors (Lipinski definition) is 8. The summed E-state index contributed by atoms with van der Waals surface area (Å²) in [6, 6.07) is 12.2. The number of thioether (sulfide) groups is 1. The molecule has 1 N–H and O–H groups in total. The number of esters is 1. The van der Waals surface area contributed by atoms with E-state index < -0.39 is 23.0 Å². The highest BCUT2D eigenvalue weighted by molar-refractivity contribution is 8.01. The minimum absolute atomic E-state index is 0. The lowest BCUT2D eigenvalue weighted by Crippen LogP contribution is -3.00. The lowest BCUT2D eigenvalue weighted by Gasteiger charge is -2.61. The Balaban J connectivity index is 0.00000451. The van der Waals surface area contributed by atoms with Crippen LogP contribution in [0.15, 0.2) is 71.2 Å². The lowest BCUT2D eigenvalue weighted by atomic mass is 9.44. The second-order valence-corrected chi connectivity index (χ2v) is 16.5. The van der Waals surface area contributed by atoms with Crippen LogP contribution in [-0.4, -0.2) is 46.9 Å². The van der Waals surface area contributed by atoms with Gasteiger partial charge in [-0.1, -0.05) is 45.5 Å². The highest BCUT2D eigenvalue weighted by Gasteiger charge is 2.68. The van der Waals surface area contributed by atoms with Gasteiger partial charge in [0.25, 0.3) is 0 Å². The number of Topliss-reactive ketones (excluding diaryl/α,β-unsaturated/α-hetero) is 1. The molecule has 3 aliphatic rings. The van der Waals surface area contributed by atoms with Gasteiger partial charge in [-0.25, -0.2) is 9.55 Å². The molecular weight excluding hydrogens is 708 g/mol. The molecule has 10 heteroatoms. The summed E-state index contributed by atoms with van der Waals surface area (Å²) in [4.78, 5) is 32.0. The van der Waals surface area contributed by atoms with Gasteiger partial charge in [0.1, 0.15) is 17.6 Å². The molecule has 3 fully saturated rings. The summed E-state index contributed by atoms with van der Waals surface area (Å²) in [5.74, 6) is 0.826. The van der Waals surface area contributed by atoms with Gasteiger partial charge in [-0.3, -0.25) is 9.59 Å². The summed E-state index contributed by atoms with van der Waals surface area (Å²) >= 11 is 2.89. The average molecular weight is 756 g/mol. The maximum Gasteiger partial charge on any atom is 0.316 e. The van der Waals surface area contributed by atoms with Crippen molar-refractivity contribution >= 4 is 34.9 Å². The predicted octanol–water partition coefficient (Wildman–Crippen LogP) is 4.16. The van der Waals surface area contributed by atoms with Crippen LogP contribution in [0.1, 0.15) is 65.4 Å². The minimum atomic E-state index is -0.675. The number of hydrogen-bond donors (Lipinski definition) is 1. The van der Waals surface area contributed by atoms with E-state index in [-0.39, 0.29) is 57.7 Å². The normalized spacial score (nSPS) is 32.7. The zero-order chi connectivity index (χ0) is 33.6. The maximum absolute atomic E-state index is 13.6. The first-order chi connectivity index (χ1) is 22.4. The molecule has 2 aromatic heterocycles. The highest BCUT2D eigenvalue weighted by Crippen LogP contribution is 2.68. The molecule has 8 atom stereocenters. The van der Waals surface area contributed by atoms with E-state index in [1.165, 1.54) is 28.7 Å². The van der Waals surface area contributed by atoms with Crippen molar-refractivity contribution in [1.29, 1.82) is 0 Å². The molecule has 3 aromatic rings. The molecule has 0 aliphatic heterocycles. The average Bonchev–Trinajstić information content (AvgIpc) is 3.70. The summed E-state index contributed by atoms with van der Waals surface area (Å²) < 4.78 is 14.6. The number of pyridine rings is 1. The summed E-state index contributed by atoms with van der Waals surface area (Å²) in [5.41, 5.74) is 1.61. The van der Waals surface area contributed by atoms with Crippen LogP contribution in [0, 0.1) is 34.0 Å². The number of nitrogens with zero attached hydrogens (tertiary/aromatic N) is 2. The standard InChI is InChI=1S/C38H47N2O5S2.BrH/c1-7-36(4)20-31(37(5)24(2)12-16-38(25(3)34(36)43)17-13-30(41)33(37)38)45-32(42)23-47-35-39-29(22-46-35)27-14-18-40(19-15-27)21-26-8-10-28(44-6)11-9-26;/h7-11,14-15,18-19,22,24-25,31,33-34,43H,1,12-13,16-17,20-21,23H2,2-6H3;1H/q+1;/p-1/t24-,25+,31-,33+,34+,36-,37+,38+;/m1./s1. The summed E-state index contributed by atoms with van der Waals surface area (Å²) in [5, 5.41) is 13.8. The molecule has 1 aromatic carbocycles. The van der Waals surface area contributed by atoms with E-state index in [4.69, 9.17) is 14.5 Å². The summed E-state index contributed by atoms with van der Waals surface area (Å²) in [6.45, 7) is 13.4. The van der Waals surface area contributed by atoms with Gasteiger partial charge in [-0.05, 0) is 67.2 Å². The van der Waals surface area contributed by atoms with Crippen LogP contribution in [0.4, 0.5) is 0 Å². The molecule has 0 radical (unpaired) electrons. The lowest BCUT2D eigenvalue weighted by molar-refractivity contribution is -0.688. The van der Waals surface area contributed by atoms with E-state index in [9.17, 15) is 14.7 Å². The van der Waals surface area contributed by atoms with Gasteiger partial charge in [0.15, 0.2) is 23.3 Å². The molecule has 3 saturated carbocycles. The highest BCUT2D eigenvalue weighted by atomic mass is 79.9. The molecule has 48 heavy (non-hydrogen) atoms. The number of aliphatic hydroxyl groups excluding tert-OH is 1. The Morgan fingerprint density at radius 1 is 1.17 bits per heavy atom. The molecule has 258 valence electrons. The van der Waals surface area contributed by atoms with Crippen molar-refractivity contribution in [2.24, 2.45) is 34.0 Å². The number of aliphatic hydroxyl groups is 1. The molecule has 2 heterocycles. The van der Waals surface area contributed by atoms with E-state index in [0.717, 1.165) is 47.2 Å². The van der Waals surface area contributed by atoms with Gasteiger partial charge in [0, 0.05) is 51.8 Å². The third-order valence-corrected chi connectivity index (χ3v) is 14.1. The van der Waals surface area contributed by atoms with Crippen LogP contribution in [0.2, 0.25) is 0 Å². The molecule has 0 saturated heterocycles. The first kappa shape index (κ1) is 36.7. The fourth-order valence-corrected chi connectivity index (χ4v) is 10.6. The van der Waals surface area contributed by atoms with Gasteiger partial charge < -0.3 is 31.6 Å². The quantitative estimate of drug-likeness (QED) is 0.152. The molecular formula is C38H47BrN2O5S2. The Hall–Kier alpha value is -2.53. The fraction of sp³-hybridized carbons (Fsp3) is 0.526. The molecule has 0 spiro atoms. The summed E-state index contributed by atoms with van der Waals surface area (Å²) in [6.07, 6.45) is 8.36. The van der Waals surface area contributed by atoms with E-state index in [1.807, 2.05) is 42.9 Å². The van der Waals surface area contributed by atoms with E-state index >= 15 is 0 Å². The Bertz CT molecular complexity index is 1630. The Labute approximate surface area is 303 Å². The van der Waals surface area contributed by atoms with Crippen LogP contribution in [0.25, 0.3) is 11.3 Å². The van der Waals surface area contributed by atoms with Gasteiger partial charge >= 0.3 is 5.97 Å². The third kappa shape index (κ3) is 6.54. The molecule has 0 amide bonds. The topological polar surface area (TPSA) is 89.6 Å². The van der Waals surface area contributed by atoms with Crippen LogP contribution < -0.4 is 26.3 Å². The van der Waals surface area contributed by atoms with Crippen molar-refractivity contribution in [2.45, 2.75) is 82.9 Å². The summed E-state index contributed by atoms with van der Waals surface area (Å²) in [7, 11) is 1.67. The number of methoxy groups -OCH3 is 1. The molecule has 6 rings (SSSR count). The first-order valence-electron chi connectivity index (χ1n) is 16.7. The first-order valence-corrected chi connectivity index (χ1v) is 18.5. The molecule has 2 bridgehead atoms. The molecule has 0 unspecified atom stereocenters. The minimum Gasteiger partial charge on any atom is -1.00 e. The Kier molecular flexibility index (Phi) is 11.0. The number of aromatic nitrogens is 2. The number of carbonyl (C=O) groups is 2. The monoisotopic (exact) mass is 754 g/mol. The van der Waals surface area contributed by atoms with Crippen molar-refractivity contribution in [3.05, 3.63) is 72.4 Å². The number of thiazole rings is 1. The predicted molar refractivity (Wildman–Crippen MR) is 185 cm³/mol. The van der Waals surface area contributed by atoms with Gasteiger partial charge in [-0.15, -0.1) is 17.9 Å². The van der Waals surface area contributed by atoms with Crippen LogP contribution >= 0.6 is 23.1 Å². The zero-order valence-corrected chi connectivity index (χ0v) is 31.7. The second kappa shape index (κ2) is 14.4. The van der Waals surface area contributed by atoms with E-state index in [2.05, 4.69) is 56.2 Å². The van der Waals surface area contributed by atoms with Crippen LogP contribution in [-0.2, 0) is 20.9 Å². The Morgan fingerprint density at radius 3 is 2.54 bits per heavy atom. The SMILES string of the molecule is C=C[C@]1(C)C[C@@H](OC(=O)CSc2nc(-c3cc[n+](Cc4ccc(OC)cc4)cc3)cs2)[C@]2(C)[C@H](C)CC[C@]3(CCC(=O)[C@H]32)[C@@H](C)[C@@H]1O.[Br-]. The van der Waals surface area contributed by atoms with E-state index in [1.54, 1.807) is 7.11 Å². The van der Waals surface area contributed by atoms with Crippen molar-refractivity contribution in [3.8, 4) is 17.0 Å². The molecule has 3 aliphatic carbocycles. The van der Waals surface area contributed by atoms with Crippen LogP contribution in [0.5, 0.6) is 5.75 Å². The third-order valence-electron chi connectivity index (χ3n) is 12.1. The number of rotatable bonds is 9. The Morgan fingerprint density at radius 2 is 1.88 bits per heavy atom. The smallest absolute Gasteiger partial charge is 0.316 e. The molecule has 7 nitrogen and oxygen atoms in total. The van der Waals surface area contributed by atoms with Crippen molar-refractivity contribution in [3.63, 3.8) is 0 Å². The second-order valence-electron chi connectivity index (χ2n) is 14.5.